The Hall–Kier alpha value is -2.22. The minimum Gasteiger partial charge on any atom is -0.364 e. The average molecular weight is 250 g/mol. The fourth-order valence-corrected chi connectivity index (χ4v) is 2.81. The summed E-state index contributed by atoms with van der Waals surface area (Å²) in [5.74, 6) is 0.242. The molecule has 0 bridgehead atoms. The van der Waals surface area contributed by atoms with Crippen molar-refractivity contribution >= 4 is 0 Å². The van der Waals surface area contributed by atoms with Crippen molar-refractivity contribution < 1.29 is 0 Å². The third kappa shape index (κ3) is 2.10. The fraction of sp³-hybridized carbons (Fsp3) is 0.176. The van der Waals surface area contributed by atoms with Gasteiger partial charge in [0.2, 0.25) is 0 Å². The highest BCUT2D eigenvalue weighted by molar-refractivity contribution is 5.46. The highest BCUT2D eigenvalue weighted by atomic mass is 14.7. The number of aromatic amines is 2. The lowest BCUT2D eigenvalue weighted by Gasteiger charge is -2.20. The third-order valence-electron chi connectivity index (χ3n) is 3.70. The average Bonchev–Trinajstić information content (AvgIpc) is 3.07. The van der Waals surface area contributed by atoms with Crippen LogP contribution >= 0.6 is 0 Å². The number of aryl methyl sites for hydroxylation is 2. The summed E-state index contributed by atoms with van der Waals surface area (Å²) in [6.45, 7) is 4.36. The molecule has 0 radical (unpaired) electrons. The molecule has 2 aromatic heterocycles. The number of H-pyrrole nitrogens is 2. The van der Waals surface area contributed by atoms with E-state index in [4.69, 9.17) is 0 Å². The molecule has 0 aliphatic carbocycles. The minimum absolute atomic E-state index is 0.242. The first-order valence-electron chi connectivity index (χ1n) is 6.60. The summed E-state index contributed by atoms with van der Waals surface area (Å²) in [7, 11) is 0. The van der Waals surface area contributed by atoms with Crippen molar-refractivity contribution in [3.05, 3.63) is 82.9 Å². The van der Waals surface area contributed by atoms with E-state index in [0.717, 1.165) is 0 Å². The van der Waals surface area contributed by atoms with Crippen molar-refractivity contribution in [2.24, 2.45) is 0 Å². The first-order valence-corrected chi connectivity index (χ1v) is 6.60. The van der Waals surface area contributed by atoms with Crippen LogP contribution in [-0.4, -0.2) is 9.97 Å². The molecule has 0 aliphatic rings. The van der Waals surface area contributed by atoms with Gasteiger partial charge in [-0.3, -0.25) is 0 Å². The first-order chi connectivity index (χ1) is 9.27. The zero-order valence-electron chi connectivity index (χ0n) is 11.3. The zero-order valence-corrected chi connectivity index (χ0v) is 11.3. The van der Waals surface area contributed by atoms with Gasteiger partial charge in [-0.2, -0.15) is 0 Å². The Labute approximate surface area is 113 Å². The lowest BCUT2D eigenvalue weighted by molar-refractivity contribution is 0.879. The van der Waals surface area contributed by atoms with Gasteiger partial charge in [-0.25, -0.2) is 0 Å². The normalized spacial score (nSPS) is 11.1. The van der Waals surface area contributed by atoms with E-state index in [2.05, 4.69) is 66.3 Å². The van der Waals surface area contributed by atoms with Gasteiger partial charge in [-0.05, 0) is 54.8 Å². The fourth-order valence-electron chi connectivity index (χ4n) is 2.81. The Balaban J connectivity index is 2.21. The first kappa shape index (κ1) is 11.8. The standard InChI is InChI=1S/C17H18N2/c1-12-6-3-7-13(2)16(12)17(14-8-4-10-18-14)15-9-5-11-19-15/h3-11,17-19H,1-2H3. The highest BCUT2D eigenvalue weighted by Gasteiger charge is 2.21. The number of rotatable bonds is 3. The molecule has 0 atom stereocenters. The summed E-state index contributed by atoms with van der Waals surface area (Å²) >= 11 is 0. The van der Waals surface area contributed by atoms with E-state index in [0.29, 0.717) is 0 Å². The second-order valence-electron chi connectivity index (χ2n) is 4.99. The van der Waals surface area contributed by atoms with E-state index in [-0.39, 0.29) is 5.92 Å². The molecule has 2 nitrogen and oxygen atoms in total. The molecule has 96 valence electrons. The van der Waals surface area contributed by atoms with Crippen molar-refractivity contribution in [3.8, 4) is 0 Å². The number of hydrogen-bond donors (Lipinski definition) is 2. The molecule has 19 heavy (non-hydrogen) atoms. The Morgan fingerprint density at radius 3 is 1.68 bits per heavy atom. The molecule has 2 heterocycles. The van der Waals surface area contributed by atoms with Crippen LogP contribution in [0.2, 0.25) is 0 Å². The minimum atomic E-state index is 0.242. The van der Waals surface area contributed by atoms with E-state index in [1.54, 1.807) is 0 Å². The molecule has 3 rings (SSSR count). The number of benzene rings is 1. The van der Waals surface area contributed by atoms with Crippen molar-refractivity contribution in [2.45, 2.75) is 19.8 Å². The molecule has 0 amide bonds. The molecule has 0 fully saturated rings. The molecular weight excluding hydrogens is 232 g/mol. The van der Waals surface area contributed by atoms with Gasteiger partial charge < -0.3 is 9.97 Å². The van der Waals surface area contributed by atoms with Crippen molar-refractivity contribution in [2.75, 3.05) is 0 Å². The molecule has 0 aliphatic heterocycles. The highest BCUT2D eigenvalue weighted by Crippen LogP contribution is 2.33. The quantitative estimate of drug-likeness (QED) is 0.700. The maximum Gasteiger partial charge on any atom is 0.0646 e. The summed E-state index contributed by atoms with van der Waals surface area (Å²) < 4.78 is 0. The summed E-state index contributed by atoms with van der Waals surface area (Å²) in [6.07, 6.45) is 3.97. The lowest BCUT2D eigenvalue weighted by Crippen LogP contribution is -2.08. The van der Waals surface area contributed by atoms with Gasteiger partial charge in [0.15, 0.2) is 0 Å². The lowest BCUT2D eigenvalue weighted by atomic mass is 9.86. The van der Waals surface area contributed by atoms with Gasteiger partial charge in [0.25, 0.3) is 0 Å². The SMILES string of the molecule is Cc1cccc(C)c1C(c1ccc[nH]1)c1ccc[nH]1. The molecule has 3 aromatic rings. The maximum atomic E-state index is 3.36. The number of hydrogen-bond acceptors (Lipinski definition) is 0. The van der Waals surface area contributed by atoms with Crippen LogP contribution in [-0.2, 0) is 0 Å². The molecule has 0 saturated carbocycles. The second kappa shape index (κ2) is 4.81. The molecule has 2 heteroatoms. The van der Waals surface area contributed by atoms with Gasteiger partial charge >= 0.3 is 0 Å². The predicted octanol–water partition coefficient (Wildman–Crippen LogP) is 4.14. The van der Waals surface area contributed by atoms with Crippen LogP contribution in [0.15, 0.2) is 54.9 Å². The summed E-state index contributed by atoms with van der Waals surface area (Å²) in [5.41, 5.74) is 6.48. The maximum absolute atomic E-state index is 3.36. The van der Waals surface area contributed by atoms with Crippen molar-refractivity contribution in [3.63, 3.8) is 0 Å². The van der Waals surface area contributed by atoms with E-state index in [1.807, 2.05) is 12.4 Å². The topological polar surface area (TPSA) is 31.6 Å². The van der Waals surface area contributed by atoms with Crippen molar-refractivity contribution in [1.82, 2.24) is 9.97 Å². The Bertz CT molecular complexity index is 594. The molecule has 0 unspecified atom stereocenters. The second-order valence-corrected chi connectivity index (χ2v) is 4.99. The largest absolute Gasteiger partial charge is 0.364 e. The molecule has 0 spiro atoms. The van der Waals surface area contributed by atoms with Crippen LogP contribution < -0.4 is 0 Å². The predicted molar refractivity (Wildman–Crippen MR) is 78.4 cm³/mol. The van der Waals surface area contributed by atoms with Crippen LogP contribution in [0.25, 0.3) is 0 Å². The van der Waals surface area contributed by atoms with Crippen LogP contribution in [0.5, 0.6) is 0 Å². The van der Waals surface area contributed by atoms with E-state index in [9.17, 15) is 0 Å². The van der Waals surface area contributed by atoms with E-state index in [1.165, 1.54) is 28.1 Å². The van der Waals surface area contributed by atoms with Crippen LogP contribution in [0.4, 0.5) is 0 Å². The van der Waals surface area contributed by atoms with Crippen LogP contribution in [0, 0.1) is 13.8 Å². The van der Waals surface area contributed by atoms with Crippen LogP contribution in [0.1, 0.15) is 34.0 Å². The molecule has 2 N–H and O–H groups in total. The number of nitrogens with one attached hydrogen (secondary N) is 2. The zero-order chi connectivity index (χ0) is 13.2. The van der Waals surface area contributed by atoms with Gasteiger partial charge in [0, 0.05) is 23.8 Å². The van der Waals surface area contributed by atoms with E-state index >= 15 is 0 Å². The molecule has 0 saturated heterocycles. The smallest absolute Gasteiger partial charge is 0.0646 e. The third-order valence-corrected chi connectivity index (χ3v) is 3.70. The van der Waals surface area contributed by atoms with Gasteiger partial charge in [-0.15, -0.1) is 0 Å². The number of aromatic nitrogens is 2. The van der Waals surface area contributed by atoms with Gasteiger partial charge in [0.05, 0.1) is 5.92 Å². The van der Waals surface area contributed by atoms with Crippen LogP contribution in [0.3, 0.4) is 0 Å². The van der Waals surface area contributed by atoms with Crippen molar-refractivity contribution in [1.29, 1.82) is 0 Å². The Morgan fingerprint density at radius 1 is 0.737 bits per heavy atom. The molecular formula is C17H18N2. The molecule has 1 aromatic carbocycles. The van der Waals surface area contributed by atoms with Gasteiger partial charge in [-0.1, -0.05) is 18.2 Å². The summed E-state index contributed by atoms with van der Waals surface area (Å²) in [5, 5.41) is 0. The Morgan fingerprint density at radius 2 is 1.26 bits per heavy atom. The summed E-state index contributed by atoms with van der Waals surface area (Å²) in [6, 6.07) is 14.9. The monoisotopic (exact) mass is 250 g/mol. The van der Waals surface area contributed by atoms with Gasteiger partial charge in [0.1, 0.15) is 0 Å². The Kier molecular flexibility index (Phi) is 3.00. The van der Waals surface area contributed by atoms with E-state index < -0.39 is 0 Å². The summed E-state index contributed by atoms with van der Waals surface area (Å²) in [4.78, 5) is 6.72.